The van der Waals surface area contributed by atoms with Gasteiger partial charge in [-0.05, 0) is 24.5 Å². The minimum absolute atomic E-state index is 0.0333. The molecule has 0 aliphatic heterocycles. The van der Waals surface area contributed by atoms with Gasteiger partial charge in [-0.25, -0.2) is 0 Å². The predicted octanol–water partition coefficient (Wildman–Crippen LogP) is 3.74. The molecule has 1 N–H and O–H groups in total. The fraction of sp³-hybridized carbons (Fsp3) is 0.467. The van der Waals surface area contributed by atoms with Gasteiger partial charge in [-0.15, -0.1) is 0 Å². The van der Waals surface area contributed by atoms with E-state index in [4.69, 9.17) is 4.52 Å². The van der Waals surface area contributed by atoms with Crippen molar-refractivity contribution in [3.05, 3.63) is 24.3 Å². The van der Waals surface area contributed by atoms with Gasteiger partial charge in [0.15, 0.2) is 11.4 Å². The Morgan fingerprint density at radius 3 is 2.95 bits per heavy atom. The van der Waals surface area contributed by atoms with Crippen LogP contribution in [0, 0.1) is 5.92 Å². The van der Waals surface area contributed by atoms with Gasteiger partial charge in [0.1, 0.15) is 0 Å². The second kappa shape index (κ2) is 5.43. The molecule has 1 saturated carbocycles. The van der Waals surface area contributed by atoms with E-state index in [0.29, 0.717) is 17.8 Å². The standard InChI is InChI=1S/C15H18N2O2/c18-14(10-9-11-5-1-2-6-11)16-15-12-7-3-4-8-13(12)19-17-15/h3-4,7-8,11H,1-2,5-6,9-10H2,(H,16,17,18). The minimum Gasteiger partial charge on any atom is -0.354 e. The van der Waals surface area contributed by atoms with E-state index < -0.39 is 0 Å². The van der Waals surface area contributed by atoms with Crippen molar-refractivity contribution in [3.63, 3.8) is 0 Å². The molecule has 100 valence electrons. The highest BCUT2D eigenvalue weighted by Gasteiger charge is 2.17. The summed E-state index contributed by atoms with van der Waals surface area (Å²) >= 11 is 0. The Morgan fingerprint density at radius 2 is 2.11 bits per heavy atom. The van der Waals surface area contributed by atoms with Crippen LogP contribution in [0.25, 0.3) is 11.0 Å². The van der Waals surface area contributed by atoms with Gasteiger partial charge in [0, 0.05) is 6.42 Å². The molecule has 4 nitrogen and oxygen atoms in total. The number of carbonyl (C=O) groups is 1. The third-order valence-electron chi connectivity index (χ3n) is 3.89. The number of nitrogens with zero attached hydrogens (tertiary/aromatic N) is 1. The number of fused-ring (bicyclic) bond motifs is 1. The van der Waals surface area contributed by atoms with E-state index in [1.54, 1.807) is 0 Å². The zero-order valence-corrected chi connectivity index (χ0v) is 10.9. The molecule has 0 atom stereocenters. The Bertz CT molecular complexity index is 570. The molecule has 1 aliphatic rings. The topological polar surface area (TPSA) is 55.1 Å². The molecule has 4 heteroatoms. The number of hydrogen-bond acceptors (Lipinski definition) is 3. The highest BCUT2D eigenvalue weighted by atomic mass is 16.5. The number of aromatic nitrogens is 1. The first kappa shape index (κ1) is 12.2. The summed E-state index contributed by atoms with van der Waals surface area (Å²) in [5, 5.41) is 7.61. The maximum atomic E-state index is 11.9. The molecule has 0 unspecified atom stereocenters. The summed E-state index contributed by atoms with van der Waals surface area (Å²) < 4.78 is 5.16. The zero-order chi connectivity index (χ0) is 13.1. The summed E-state index contributed by atoms with van der Waals surface area (Å²) in [7, 11) is 0. The van der Waals surface area contributed by atoms with Crippen LogP contribution in [-0.2, 0) is 4.79 Å². The van der Waals surface area contributed by atoms with Gasteiger partial charge in [-0.1, -0.05) is 43.0 Å². The normalized spacial score (nSPS) is 16.0. The Labute approximate surface area is 112 Å². The van der Waals surface area contributed by atoms with Gasteiger partial charge in [-0.3, -0.25) is 4.79 Å². The maximum Gasteiger partial charge on any atom is 0.225 e. The molecule has 1 heterocycles. The summed E-state index contributed by atoms with van der Waals surface area (Å²) in [5.41, 5.74) is 0.702. The van der Waals surface area contributed by atoms with Crippen LogP contribution in [-0.4, -0.2) is 11.1 Å². The van der Waals surface area contributed by atoms with E-state index in [1.165, 1.54) is 25.7 Å². The van der Waals surface area contributed by atoms with Crippen LogP contribution in [0.3, 0.4) is 0 Å². The fourth-order valence-corrected chi connectivity index (χ4v) is 2.80. The molecule has 1 fully saturated rings. The third kappa shape index (κ3) is 2.78. The summed E-state index contributed by atoms with van der Waals surface area (Å²) in [6.07, 6.45) is 6.76. The van der Waals surface area contributed by atoms with E-state index in [0.717, 1.165) is 17.7 Å². The van der Waals surface area contributed by atoms with E-state index in [-0.39, 0.29) is 5.91 Å². The van der Waals surface area contributed by atoms with Gasteiger partial charge in [0.05, 0.1) is 5.39 Å². The fourth-order valence-electron chi connectivity index (χ4n) is 2.80. The quantitative estimate of drug-likeness (QED) is 0.908. The van der Waals surface area contributed by atoms with Crippen LogP contribution < -0.4 is 5.32 Å². The molecule has 0 bridgehead atoms. The van der Waals surface area contributed by atoms with Crippen molar-refractivity contribution < 1.29 is 9.32 Å². The van der Waals surface area contributed by atoms with Crippen molar-refractivity contribution in [2.75, 3.05) is 5.32 Å². The van der Waals surface area contributed by atoms with Crippen molar-refractivity contribution in [3.8, 4) is 0 Å². The van der Waals surface area contributed by atoms with Crippen molar-refractivity contribution in [1.29, 1.82) is 0 Å². The van der Waals surface area contributed by atoms with Crippen molar-refractivity contribution in [2.45, 2.75) is 38.5 Å². The summed E-state index contributed by atoms with van der Waals surface area (Å²) in [6.45, 7) is 0. The van der Waals surface area contributed by atoms with Crippen molar-refractivity contribution >= 4 is 22.7 Å². The summed E-state index contributed by atoms with van der Waals surface area (Å²) in [5.74, 6) is 1.30. The monoisotopic (exact) mass is 258 g/mol. The SMILES string of the molecule is O=C(CCC1CCCC1)Nc1noc2ccccc12. The lowest BCUT2D eigenvalue weighted by Gasteiger charge is -2.07. The molecule has 1 aromatic heterocycles. The average molecular weight is 258 g/mol. The van der Waals surface area contributed by atoms with Crippen molar-refractivity contribution in [2.24, 2.45) is 5.92 Å². The second-order valence-electron chi connectivity index (χ2n) is 5.26. The van der Waals surface area contributed by atoms with E-state index >= 15 is 0 Å². The van der Waals surface area contributed by atoms with Crippen LogP contribution in [0.4, 0.5) is 5.82 Å². The first-order valence-corrected chi connectivity index (χ1v) is 6.97. The number of anilines is 1. The Kier molecular flexibility index (Phi) is 3.49. The third-order valence-corrected chi connectivity index (χ3v) is 3.89. The highest BCUT2D eigenvalue weighted by Crippen LogP contribution is 2.29. The first-order valence-electron chi connectivity index (χ1n) is 6.97. The van der Waals surface area contributed by atoms with Gasteiger partial charge in [0.25, 0.3) is 0 Å². The van der Waals surface area contributed by atoms with Crippen LogP contribution in [0.1, 0.15) is 38.5 Å². The van der Waals surface area contributed by atoms with E-state index in [1.807, 2.05) is 24.3 Å². The molecule has 0 spiro atoms. The number of benzene rings is 1. The number of para-hydroxylation sites is 1. The second-order valence-corrected chi connectivity index (χ2v) is 5.26. The minimum atomic E-state index is 0.0333. The number of nitrogens with one attached hydrogen (secondary N) is 1. The van der Waals surface area contributed by atoms with Crippen LogP contribution in [0.5, 0.6) is 0 Å². The maximum absolute atomic E-state index is 11.9. The number of hydrogen-bond donors (Lipinski definition) is 1. The van der Waals surface area contributed by atoms with Crippen molar-refractivity contribution in [1.82, 2.24) is 5.16 Å². The Hall–Kier alpha value is -1.84. The number of rotatable bonds is 4. The van der Waals surface area contributed by atoms with Crippen LogP contribution >= 0.6 is 0 Å². The smallest absolute Gasteiger partial charge is 0.225 e. The lowest BCUT2D eigenvalue weighted by Crippen LogP contribution is -2.13. The van der Waals surface area contributed by atoms with Crippen LogP contribution in [0.15, 0.2) is 28.8 Å². The molecular formula is C15H18N2O2. The molecule has 1 amide bonds. The first-order chi connectivity index (χ1) is 9.33. The molecule has 1 aliphatic carbocycles. The number of amides is 1. The van der Waals surface area contributed by atoms with Gasteiger partial charge < -0.3 is 9.84 Å². The van der Waals surface area contributed by atoms with E-state index in [2.05, 4.69) is 10.5 Å². The van der Waals surface area contributed by atoms with E-state index in [9.17, 15) is 4.79 Å². The van der Waals surface area contributed by atoms with Gasteiger partial charge in [0.2, 0.25) is 5.91 Å². The lowest BCUT2D eigenvalue weighted by atomic mass is 10.0. The molecular weight excluding hydrogens is 240 g/mol. The Balaban J connectivity index is 1.59. The van der Waals surface area contributed by atoms with Gasteiger partial charge in [-0.2, -0.15) is 0 Å². The molecule has 19 heavy (non-hydrogen) atoms. The summed E-state index contributed by atoms with van der Waals surface area (Å²) in [6, 6.07) is 7.54. The van der Waals surface area contributed by atoms with Crippen LogP contribution in [0.2, 0.25) is 0 Å². The Morgan fingerprint density at radius 1 is 1.32 bits per heavy atom. The molecule has 3 rings (SSSR count). The number of carbonyl (C=O) groups excluding carboxylic acids is 1. The lowest BCUT2D eigenvalue weighted by molar-refractivity contribution is -0.116. The largest absolute Gasteiger partial charge is 0.354 e. The molecule has 0 radical (unpaired) electrons. The predicted molar refractivity (Wildman–Crippen MR) is 73.8 cm³/mol. The summed E-state index contributed by atoms with van der Waals surface area (Å²) in [4.78, 5) is 11.9. The molecule has 1 aromatic carbocycles. The zero-order valence-electron chi connectivity index (χ0n) is 10.9. The molecule has 2 aromatic rings. The molecule has 0 saturated heterocycles. The highest BCUT2D eigenvalue weighted by molar-refractivity contribution is 5.98. The van der Waals surface area contributed by atoms with Gasteiger partial charge >= 0.3 is 0 Å². The average Bonchev–Trinajstić information content (AvgIpc) is 3.07.